The van der Waals surface area contributed by atoms with Gasteiger partial charge in [-0.2, -0.15) is 0 Å². The molecule has 0 spiro atoms. The molecule has 32 heavy (non-hydrogen) atoms. The van der Waals surface area contributed by atoms with Gasteiger partial charge in [-0.15, -0.1) is 0 Å². The molecular formula is C29H16N2O. The molecule has 0 aliphatic heterocycles. The zero-order chi connectivity index (χ0) is 20.8. The van der Waals surface area contributed by atoms with Crippen molar-refractivity contribution in [3.05, 3.63) is 97.2 Å². The number of nitrogens with zero attached hydrogens (tertiary/aromatic N) is 2. The first kappa shape index (κ1) is 16.3. The van der Waals surface area contributed by atoms with Crippen LogP contribution in [0.4, 0.5) is 0 Å². The highest BCUT2D eigenvalue weighted by atomic mass is 16.3. The predicted molar refractivity (Wildman–Crippen MR) is 132 cm³/mol. The molecule has 0 N–H and O–H groups in total. The van der Waals surface area contributed by atoms with Gasteiger partial charge in [0.1, 0.15) is 5.58 Å². The monoisotopic (exact) mass is 408 g/mol. The molecular weight excluding hydrogens is 392 g/mol. The summed E-state index contributed by atoms with van der Waals surface area (Å²) in [5, 5.41) is 7.31. The first-order valence-electron chi connectivity index (χ1n) is 10.8. The number of hydrogen-bond donors (Lipinski definition) is 0. The maximum Gasteiger partial charge on any atom is 0.160 e. The Morgan fingerprint density at radius 2 is 1.38 bits per heavy atom. The lowest BCUT2D eigenvalue weighted by molar-refractivity contribution is 0.671. The van der Waals surface area contributed by atoms with Crippen molar-refractivity contribution in [1.29, 1.82) is 0 Å². The number of benzene rings is 4. The summed E-state index contributed by atoms with van der Waals surface area (Å²) in [5.41, 5.74) is 7.59. The highest BCUT2D eigenvalue weighted by Crippen LogP contribution is 2.43. The summed E-state index contributed by atoms with van der Waals surface area (Å²) in [6.45, 7) is 0. The van der Waals surface area contributed by atoms with Crippen LogP contribution in [0.15, 0.2) is 102 Å². The van der Waals surface area contributed by atoms with Gasteiger partial charge in [0.05, 0.1) is 22.2 Å². The number of hydrogen-bond acceptors (Lipinski definition) is 2. The molecule has 8 aromatic rings. The molecule has 3 nitrogen and oxygen atoms in total. The van der Waals surface area contributed by atoms with Gasteiger partial charge in [0.2, 0.25) is 0 Å². The maximum atomic E-state index is 6.44. The fourth-order valence-corrected chi connectivity index (χ4v) is 5.43. The van der Waals surface area contributed by atoms with Crippen molar-refractivity contribution >= 4 is 60.0 Å². The molecule has 4 aromatic carbocycles. The minimum Gasteiger partial charge on any atom is -0.454 e. The van der Waals surface area contributed by atoms with Crippen molar-refractivity contribution in [1.82, 2.24) is 9.38 Å². The molecule has 3 heteroatoms. The van der Waals surface area contributed by atoms with Crippen molar-refractivity contribution in [2.45, 2.75) is 0 Å². The highest BCUT2D eigenvalue weighted by molar-refractivity contribution is 6.28. The van der Waals surface area contributed by atoms with E-state index in [-0.39, 0.29) is 0 Å². The Labute approximate surface area is 182 Å². The zero-order valence-electron chi connectivity index (χ0n) is 17.0. The molecule has 4 aromatic heterocycles. The third-order valence-electron chi connectivity index (χ3n) is 6.78. The molecule has 0 atom stereocenters. The summed E-state index contributed by atoms with van der Waals surface area (Å²) >= 11 is 0. The van der Waals surface area contributed by atoms with E-state index in [2.05, 4.69) is 76.1 Å². The average Bonchev–Trinajstić information content (AvgIpc) is 3.50. The quantitative estimate of drug-likeness (QED) is 0.277. The summed E-state index contributed by atoms with van der Waals surface area (Å²) < 4.78 is 8.83. The second-order valence-electron chi connectivity index (χ2n) is 8.42. The lowest BCUT2D eigenvalue weighted by atomic mass is 10.0. The minimum absolute atomic E-state index is 0.928. The lowest BCUT2D eigenvalue weighted by Crippen LogP contribution is -1.84. The predicted octanol–water partition coefficient (Wildman–Crippen LogP) is 7.80. The number of rotatable bonds is 1. The van der Waals surface area contributed by atoms with Crippen molar-refractivity contribution in [3.8, 4) is 11.3 Å². The van der Waals surface area contributed by atoms with Gasteiger partial charge in [-0.3, -0.25) is 4.98 Å². The SMILES string of the molecule is c1ccc(-c2ccc3c(c2)c2cccc4c5ccc6c7ccccc7oc6c5n3c24)nc1. The van der Waals surface area contributed by atoms with Gasteiger partial charge >= 0.3 is 0 Å². The van der Waals surface area contributed by atoms with Gasteiger partial charge < -0.3 is 8.82 Å². The van der Waals surface area contributed by atoms with Crippen molar-refractivity contribution < 1.29 is 4.42 Å². The molecule has 0 fully saturated rings. The van der Waals surface area contributed by atoms with E-state index in [0.717, 1.165) is 38.7 Å². The molecule has 0 saturated heterocycles. The second-order valence-corrected chi connectivity index (χ2v) is 8.42. The summed E-state index contributed by atoms with van der Waals surface area (Å²) in [6.07, 6.45) is 1.85. The van der Waals surface area contributed by atoms with Crippen LogP contribution in [0.2, 0.25) is 0 Å². The van der Waals surface area contributed by atoms with E-state index >= 15 is 0 Å². The Balaban J connectivity index is 1.60. The normalized spacial score (nSPS) is 12.4. The molecule has 0 radical (unpaired) electrons. The molecule has 0 amide bonds. The van der Waals surface area contributed by atoms with E-state index in [9.17, 15) is 0 Å². The molecule has 0 unspecified atom stereocenters. The van der Waals surface area contributed by atoms with E-state index in [1.807, 2.05) is 30.5 Å². The van der Waals surface area contributed by atoms with Crippen LogP contribution >= 0.6 is 0 Å². The number of furan rings is 1. The number of pyridine rings is 1. The fraction of sp³-hybridized carbons (Fsp3) is 0. The molecule has 0 saturated carbocycles. The maximum absolute atomic E-state index is 6.44. The third kappa shape index (κ3) is 1.89. The van der Waals surface area contributed by atoms with E-state index < -0.39 is 0 Å². The summed E-state index contributed by atoms with van der Waals surface area (Å²) in [4.78, 5) is 4.55. The van der Waals surface area contributed by atoms with Crippen LogP contribution in [0.5, 0.6) is 0 Å². The van der Waals surface area contributed by atoms with E-state index in [0.29, 0.717) is 0 Å². The fourth-order valence-electron chi connectivity index (χ4n) is 5.43. The summed E-state index contributed by atoms with van der Waals surface area (Å²) in [5.74, 6) is 0. The van der Waals surface area contributed by atoms with Crippen LogP contribution in [-0.4, -0.2) is 9.38 Å². The van der Waals surface area contributed by atoms with Crippen LogP contribution in [0.1, 0.15) is 0 Å². The smallest absolute Gasteiger partial charge is 0.160 e. The molecule has 148 valence electrons. The zero-order valence-corrected chi connectivity index (χ0v) is 17.0. The largest absolute Gasteiger partial charge is 0.454 e. The average molecular weight is 408 g/mol. The van der Waals surface area contributed by atoms with Crippen LogP contribution < -0.4 is 0 Å². The van der Waals surface area contributed by atoms with Gasteiger partial charge in [0, 0.05) is 44.1 Å². The van der Waals surface area contributed by atoms with Gasteiger partial charge in [0.15, 0.2) is 5.58 Å². The van der Waals surface area contributed by atoms with E-state index in [4.69, 9.17) is 4.42 Å². The highest BCUT2D eigenvalue weighted by Gasteiger charge is 2.21. The van der Waals surface area contributed by atoms with Crippen LogP contribution in [0.3, 0.4) is 0 Å². The van der Waals surface area contributed by atoms with Crippen LogP contribution in [0.25, 0.3) is 71.3 Å². The Bertz CT molecular complexity index is 1980. The Hall–Kier alpha value is -4.37. The van der Waals surface area contributed by atoms with E-state index in [1.54, 1.807) is 0 Å². The topological polar surface area (TPSA) is 30.4 Å². The standard InChI is InChI=1S/C29H16N2O/c1-2-10-26-18(6-1)22-13-12-21-19-7-5-8-20-23-16-17(24-9-3-4-15-30-24)11-14-25(23)31(27(19)20)28(21)29(22)32-26/h1-16H. The first-order valence-corrected chi connectivity index (χ1v) is 10.8. The van der Waals surface area contributed by atoms with Crippen LogP contribution in [-0.2, 0) is 0 Å². The van der Waals surface area contributed by atoms with Crippen molar-refractivity contribution in [2.75, 3.05) is 0 Å². The third-order valence-corrected chi connectivity index (χ3v) is 6.78. The van der Waals surface area contributed by atoms with Gasteiger partial charge in [-0.05, 0) is 36.4 Å². The number of fused-ring (bicyclic) bond motifs is 10. The van der Waals surface area contributed by atoms with Crippen molar-refractivity contribution in [3.63, 3.8) is 0 Å². The van der Waals surface area contributed by atoms with Gasteiger partial charge in [-0.1, -0.05) is 54.6 Å². The van der Waals surface area contributed by atoms with Crippen molar-refractivity contribution in [2.24, 2.45) is 0 Å². The second kappa shape index (κ2) is 5.65. The lowest BCUT2D eigenvalue weighted by Gasteiger charge is -2.03. The molecule has 4 heterocycles. The molecule has 8 rings (SSSR count). The molecule has 0 bridgehead atoms. The summed E-state index contributed by atoms with van der Waals surface area (Å²) in [7, 11) is 0. The summed E-state index contributed by atoms with van der Waals surface area (Å²) in [6, 6.07) is 32.0. The Kier molecular flexibility index (Phi) is 2.89. The van der Waals surface area contributed by atoms with Gasteiger partial charge in [-0.25, -0.2) is 0 Å². The Morgan fingerprint density at radius 1 is 0.594 bits per heavy atom. The molecule has 0 aliphatic rings. The number of para-hydroxylation sites is 2. The first-order chi connectivity index (χ1) is 15.9. The van der Waals surface area contributed by atoms with Gasteiger partial charge in [0.25, 0.3) is 0 Å². The molecule has 0 aliphatic carbocycles. The van der Waals surface area contributed by atoms with E-state index in [1.165, 1.54) is 32.6 Å². The Morgan fingerprint density at radius 3 is 2.28 bits per heavy atom. The minimum atomic E-state index is 0.928. The number of aromatic nitrogens is 2. The van der Waals surface area contributed by atoms with Crippen LogP contribution in [0, 0.1) is 0 Å².